The van der Waals surface area contributed by atoms with Crippen LogP contribution in [0.5, 0.6) is 0 Å². The molecule has 20 heavy (non-hydrogen) atoms. The number of aryl methyl sites for hydroxylation is 1. The smallest absolute Gasteiger partial charge is 0.170 e. The number of aliphatic hydroxyl groups is 1. The van der Waals surface area contributed by atoms with Gasteiger partial charge in [0.05, 0.1) is 5.57 Å². The van der Waals surface area contributed by atoms with Gasteiger partial charge in [0.2, 0.25) is 0 Å². The Morgan fingerprint density at radius 2 is 1.80 bits per heavy atom. The van der Waals surface area contributed by atoms with Gasteiger partial charge >= 0.3 is 0 Å². The Morgan fingerprint density at radius 3 is 2.35 bits per heavy atom. The van der Waals surface area contributed by atoms with Gasteiger partial charge in [0.15, 0.2) is 11.6 Å². The van der Waals surface area contributed by atoms with E-state index in [-0.39, 0.29) is 34.7 Å². The third-order valence-electron chi connectivity index (χ3n) is 3.58. The number of carbonyl (C=O) groups excluding carboxylic acids is 2. The summed E-state index contributed by atoms with van der Waals surface area (Å²) in [5.41, 5.74) is 1.69. The van der Waals surface area contributed by atoms with E-state index in [0.717, 1.165) is 11.1 Å². The lowest BCUT2D eigenvalue weighted by Crippen LogP contribution is -2.32. The lowest BCUT2D eigenvalue weighted by Gasteiger charge is -2.28. The maximum absolute atomic E-state index is 12.1. The summed E-state index contributed by atoms with van der Waals surface area (Å²) in [6.45, 7) is 5.77. The number of ketones is 2. The molecular weight excluding hydrogens is 252 g/mol. The average molecular weight is 272 g/mol. The summed E-state index contributed by atoms with van der Waals surface area (Å²) in [6.07, 6.45) is 0.854. The van der Waals surface area contributed by atoms with Crippen LogP contribution >= 0.6 is 0 Å². The van der Waals surface area contributed by atoms with Crippen molar-refractivity contribution >= 4 is 11.6 Å². The van der Waals surface area contributed by atoms with Crippen molar-refractivity contribution in [2.24, 2.45) is 5.41 Å². The number of hydrogen-bond acceptors (Lipinski definition) is 3. The van der Waals surface area contributed by atoms with Gasteiger partial charge in [-0.2, -0.15) is 0 Å². The molecule has 1 aliphatic carbocycles. The Labute approximate surface area is 119 Å². The molecule has 1 N–H and O–H groups in total. The molecule has 2 rings (SSSR count). The van der Waals surface area contributed by atoms with Gasteiger partial charge in [-0.3, -0.25) is 9.59 Å². The molecule has 3 nitrogen and oxygen atoms in total. The van der Waals surface area contributed by atoms with Crippen LogP contribution in [-0.2, 0) is 16.0 Å². The summed E-state index contributed by atoms with van der Waals surface area (Å²) in [5, 5.41) is 10.2. The zero-order valence-electron chi connectivity index (χ0n) is 12.2. The van der Waals surface area contributed by atoms with Crippen LogP contribution in [0.2, 0.25) is 0 Å². The largest absolute Gasteiger partial charge is 0.511 e. The van der Waals surface area contributed by atoms with E-state index in [1.165, 1.54) is 0 Å². The minimum absolute atomic E-state index is 0.00540. The van der Waals surface area contributed by atoms with Crippen LogP contribution in [0.4, 0.5) is 0 Å². The van der Waals surface area contributed by atoms with Gasteiger partial charge in [0.25, 0.3) is 0 Å². The lowest BCUT2D eigenvalue weighted by atomic mass is 9.73. The first-order valence-corrected chi connectivity index (χ1v) is 6.82. The van der Waals surface area contributed by atoms with Crippen LogP contribution in [-0.4, -0.2) is 16.7 Å². The minimum Gasteiger partial charge on any atom is -0.511 e. The molecule has 0 atom stereocenters. The first-order valence-electron chi connectivity index (χ1n) is 6.82. The quantitative estimate of drug-likeness (QED) is 0.510. The molecule has 1 aliphatic rings. The second-order valence-electron chi connectivity index (χ2n) is 6.35. The number of benzene rings is 1. The number of Topliss-reactive ketones (excluding diaryl/α,β-unsaturated/α-hetero) is 2. The van der Waals surface area contributed by atoms with Gasteiger partial charge < -0.3 is 5.11 Å². The Kier molecular flexibility index (Phi) is 3.80. The highest BCUT2D eigenvalue weighted by atomic mass is 16.3. The van der Waals surface area contributed by atoms with E-state index < -0.39 is 0 Å². The van der Waals surface area contributed by atoms with Crippen molar-refractivity contribution in [3.05, 3.63) is 46.7 Å². The lowest BCUT2D eigenvalue weighted by molar-refractivity contribution is -0.127. The van der Waals surface area contributed by atoms with Crippen molar-refractivity contribution in [3.63, 3.8) is 0 Å². The number of hydrogen-bond donors (Lipinski definition) is 1. The van der Waals surface area contributed by atoms with Crippen LogP contribution in [0.25, 0.3) is 0 Å². The van der Waals surface area contributed by atoms with Crippen LogP contribution in [0.15, 0.2) is 35.6 Å². The van der Waals surface area contributed by atoms with Crippen molar-refractivity contribution in [2.45, 2.75) is 40.0 Å². The Morgan fingerprint density at radius 1 is 1.20 bits per heavy atom. The van der Waals surface area contributed by atoms with Gasteiger partial charge in [-0.15, -0.1) is 0 Å². The van der Waals surface area contributed by atoms with Crippen LogP contribution in [0, 0.1) is 12.3 Å². The molecule has 1 aromatic carbocycles. The summed E-state index contributed by atoms with van der Waals surface area (Å²) in [6, 6.07) is 7.69. The molecule has 1 saturated carbocycles. The minimum atomic E-state index is -0.304. The van der Waals surface area contributed by atoms with Crippen molar-refractivity contribution in [3.8, 4) is 0 Å². The average Bonchev–Trinajstić information content (AvgIpc) is 2.25. The topological polar surface area (TPSA) is 54.4 Å². The van der Waals surface area contributed by atoms with E-state index in [2.05, 4.69) is 0 Å². The highest BCUT2D eigenvalue weighted by Gasteiger charge is 2.37. The summed E-state index contributed by atoms with van der Waals surface area (Å²) < 4.78 is 0. The van der Waals surface area contributed by atoms with Gasteiger partial charge in [-0.1, -0.05) is 43.7 Å². The molecule has 0 unspecified atom stereocenters. The standard InChI is InChI=1S/C17H20O3/c1-11-5-4-6-12(7-11)8-13(18)16-14(19)9-17(2,3)10-15(16)20/h4-7,18H,8-10H2,1-3H3. The summed E-state index contributed by atoms with van der Waals surface area (Å²) in [4.78, 5) is 24.2. The normalized spacial score (nSPS) is 18.2. The Balaban J connectivity index is 2.28. The van der Waals surface area contributed by atoms with E-state index in [1.54, 1.807) is 0 Å². The molecule has 1 fully saturated rings. The SMILES string of the molecule is Cc1cccc(CC(O)=C2C(=O)CC(C)(C)CC2=O)c1. The number of allylic oxidation sites excluding steroid dienone is 2. The van der Waals surface area contributed by atoms with E-state index in [0.29, 0.717) is 12.8 Å². The van der Waals surface area contributed by atoms with Crippen molar-refractivity contribution < 1.29 is 14.7 Å². The van der Waals surface area contributed by atoms with Crippen molar-refractivity contribution in [1.29, 1.82) is 0 Å². The summed E-state index contributed by atoms with van der Waals surface area (Å²) >= 11 is 0. The second kappa shape index (κ2) is 5.23. The molecule has 0 aliphatic heterocycles. The predicted octanol–water partition coefficient (Wildman–Crippen LogP) is 3.31. The monoisotopic (exact) mass is 272 g/mol. The maximum Gasteiger partial charge on any atom is 0.170 e. The molecule has 0 saturated heterocycles. The van der Waals surface area contributed by atoms with Gasteiger partial charge in [0, 0.05) is 19.3 Å². The zero-order chi connectivity index (χ0) is 14.9. The van der Waals surface area contributed by atoms with Crippen molar-refractivity contribution in [1.82, 2.24) is 0 Å². The molecule has 1 aromatic rings. The van der Waals surface area contributed by atoms with Crippen LogP contribution in [0.3, 0.4) is 0 Å². The molecule has 0 heterocycles. The van der Waals surface area contributed by atoms with Crippen LogP contribution < -0.4 is 0 Å². The molecule has 3 heteroatoms. The first kappa shape index (κ1) is 14.5. The number of aliphatic hydroxyl groups excluding tert-OH is 1. The third-order valence-corrected chi connectivity index (χ3v) is 3.58. The predicted molar refractivity (Wildman–Crippen MR) is 77.6 cm³/mol. The van der Waals surface area contributed by atoms with E-state index >= 15 is 0 Å². The molecule has 106 valence electrons. The molecule has 0 radical (unpaired) electrons. The van der Waals surface area contributed by atoms with Gasteiger partial charge in [-0.25, -0.2) is 0 Å². The van der Waals surface area contributed by atoms with Crippen molar-refractivity contribution in [2.75, 3.05) is 0 Å². The zero-order valence-corrected chi connectivity index (χ0v) is 12.2. The molecule has 0 aromatic heterocycles. The maximum atomic E-state index is 12.1. The summed E-state index contributed by atoms with van der Waals surface area (Å²) in [7, 11) is 0. The van der Waals surface area contributed by atoms with Gasteiger partial charge in [-0.05, 0) is 17.9 Å². The number of rotatable bonds is 2. The fraction of sp³-hybridized carbons (Fsp3) is 0.412. The molecule has 0 spiro atoms. The van der Waals surface area contributed by atoms with E-state index in [4.69, 9.17) is 0 Å². The third kappa shape index (κ3) is 3.16. The summed E-state index contributed by atoms with van der Waals surface area (Å²) in [5.74, 6) is -0.575. The highest BCUT2D eigenvalue weighted by Crippen LogP contribution is 2.34. The Hall–Kier alpha value is -1.90. The Bertz CT molecular complexity index is 572. The van der Waals surface area contributed by atoms with E-state index in [9.17, 15) is 14.7 Å². The fourth-order valence-electron chi connectivity index (χ4n) is 2.69. The molecular formula is C17H20O3. The highest BCUT2D eigenvalue weighted by molar-refractivity contribution is 6.22. The first-order chi connectivity index (χ1) is 9.28. The fourth-order valence-corrected chi connectivity index (χ4v) is 2.69. The number of carbonyl (C=O) groups is 2. The van der Waals surface area contributed by atoms with Crippen LogP contribution in [0.1, 0.15) is 37.8 Å². The molecule has 0 amide bonds. The molecule has 0 bridgehead atoms. The second-order valence-corrected chi connectivity index (χ2v) is 6.35. The van der Waals surface area contributed by atoms with E-state index in [1.807, 2.05) is 45.0 Å². The van der Waals surface area contributed by atoms with Gasteiger partial charge in [0.1, 0.15) is 5.76 Å².